The smallest absolute Gasteiger partial charge is 0.228 e. The summed E-state index contributed by atoms with van der Waals surface area (Å²) in [5.41, 5.74) is 0. The van der Waals surface area contributed by atoms with Crippen LogP contribution in [0.2, 0.25) is 0 Å². The van der Waals surface area contributed by atoms with Gasteiger partial charge >= 0.3 is 0 Å². The van der Waals surface area contributed by atoms with E-state index in [1.807, 2.05) is 6.92 Å². The highest BCUT2D eigenvalue weighted by Crippen LogP contribution is 2.42. The van der Waals surface area contributed by atoms with E-state index < -0.39 is 0 Å². The molecule has 96 valence electrons. The Labute approximate surface area is 102 Å². The summed E-state index contributed by atoms with van der Waals surface area (Å²) in [5.74, 6) is 2.02. The summed E-state index contributed by atoms with van der Waals surface area (Å²) in [6.45, 7) is 6.62. The zero-order chi connectivity index (χ0) is 12.1. The number of nitrogens with zero attached hydrogens (tertiary/aromatic N) is 2. The van der Waals surface area contributed by atoms with Gasteiger partial charge in [-0.1, -0.05) is 12.1 Å². The third kappa shape index (κ3) is 3.51. The van der Waals surface area contributed by atoms with Crippen molar-refractivity contribution in [3.63, 3.8) is 0 Å². The van der Waals surface area contributed by atoms with E-state index in [0.717, 1.165) is 25.3 Å². The Morgan fingerprint density at radius 2 is 2.29 bits per heavy atom. The molecule has 0 amide bonds. The lowest BCUT2D eigenvalue weighted by Crippen LogP contribution is -2.16. The zero-order valence-electron chi connectivity index (χ0n) is 10.6. The molecule has 17 heavy (non-hydrogen) atoms. The molecule has 1 unspecified atom stereocenters. The maximum absolute atomic E-state index is 5.69. The van der Waals surface area contributed by atoms with Crippen LogP contribution in [-0.4, -0.2) is 29.8 Å². The predicted molar refractivity (Wildman–Crippen MR) is 63.6 cm³/mol. The lowest BCUT2D eigenvalue weighted by Gasteiger charge is -2.10. The summed E-state index contributed by atoms with van der Waals surface area (Å²) in [6, 6.07) is 0. The van der Waals surface area contributed by atoms with Crippen molar-refractivity contribution in [2.45, 2.75) is 39.2 Å². The van der Waals surface area contributed by atoms with Gasteiger partial charge in [0.25, 0.3) is 0 Å². The van der Waals surface area contributed by atoms with Crippen LogP contribution in [0.15, 0.2) is 4.52 Å². The van der Waals surface area contributed by atoms with Gasteiger partial charge in [0.1, 0.15) is 6.10 Å². The lowest BCUT2D eigenvalue weighted by atomic mass is 10.2. The monoisotopic (exact) mass is 239 g/mol. The molecule has 5 nitrogen and oxygen atoms in total. The van der Waals surface area contributed by atoms with E-state index in [1.165, 1.54) is 12.8 Å². The highest BCUT2D eigenvalue weighted by Gasteiger charge is 2.36. The summed E-state index contributed by atoms with van der Waals surface area (Å²) in [6.07, 6.45) is 3.25. The topological polar surface area (TPSA) is 60.2 Å². The molecule has 2 rings (SSSR count). The molecular weight excluding hydrogens is 218 g/mol. The zero-order valence-corrected chi connectivity index (χ0v) is 10.6. The van der Waals surface area contributed by atoms with Crippen molar-refractivity contribution in [2.75, 3.05) is 19.7 Å². The van der Waals surface area contributed by atoms with Crippen LogP contribution in [0.4, 0.5) is 0 Å². The van der Waals surface area contributed by atoms with Crippen molar-refractivity contribution in [3.05, 3.63) is 11.7 Å². The highest BCUT2D eigenvalue weighted by molar-refractivity contribution is 4.98. The number of ether oxygens (including phenoxy) is 1. The van der Waals surface area contributed by atoms with E-state index in [1.54, 1.807) is 0 Å². The second-order valence-electron chi connectivity index (χ2n) is 4.36. The molecule has 1 aliphatic carbocycles. The third-order valence-electron chi connectivity index (χ3n) is 2.90. The largest absolute Gasteiger partial charge is 0.370 e. The van der Waals surface area contributed by atoms with Gasteiger partial charge in [0.15, 0.2) is 0 Å². The van der Waals surface area contributed by atoms with Crippen LogP contribution in [0.5, 0.6) is 0 Å². The fourth-order valence-corrected chi connectivity index (χ4v) is 1.86. The molecule has 1 saturated carbocycles. The van der Waals surface area contributed by atoms with Gasteiger partial charge in [-0.3, -0.25) is 0 Å². The Balaban J connectivity index is 1.90. The molecule has 0 aromatic carbocycles. The Morgan fingerprint density at radius 1 is 1.47 bits per heavy atom. The van der Waals surface area contributed by atoms with Gasteiger partial charge in [0.05, 0.1) is 0 Å². The molecule has 0 saturated heterocycles. The second kappa shape index (κ2) is 6.12. The molecular formula is C12H21N3O2. The maximum Gasteiger partial charge on any atom is 0.228 e. The van der Waals surface area contributed by atoms with E-state index in [-0.39, 0.29) is 6.10 Å². The second-order valence-corrected chi connectivity index (χ2v) is 4.36. The van der Waals surface area contributed by atoms with Crippen LogP contribution >= 0.6 is 0 Å². The number of aromatic nitrogens is 2. The maximum atomic E-state index is 5.69. The minimum absolute atomic E-state index is 0.0386. The van der Waals surface area contributed by atoms with Gasteiger partial charge < -0.3 is 14.6 Å². The van der Waals surface area contributed by atoms with Crippen LogP contribution < -0.4 is 5.32 Å². The Kier molecular flexibility index (Phi) is 4.50. The number of likely N-dealkylation sites (N-methyl/N-ethyl adjacent to an activating group) is 1. The molecule has 0 bridgehead atoms. The average Bonchev–Trinajstić information content (AvgIpc) is 3.06. The predicted octanol–water partition coefficient (Wildman–Crippen LogP) is 1.71. The van der Waals surface area contributed by atoms with Crippen molar-refractivity contribution in [3.8, 4) is 0 Å². The normalized spacial score (nSPS) is 17.3. The number of rotatable bonds is 8. The van der Waals surface area contributed by atoms with E-state index in [0.29, 0.717) is 18.4 Å². The van der Waals surface area contributed by atoms with Gasteiger partial charge in [0.2, 0.25) is 11.7 Å². The molecule has 0 aliphatic heterocycles. The summed E-state index contributed by atoms with van der Waals surface area (Å²) in [5, 5.41) is 7.27. The Bertz CT molecular complexity index is 336. The highest BCUT2D eigenvalue weighted by atomic mass is 16.5. The van der Waals surface area contributed by atoms with Crippen LogP contribution in [0.3, 0.4) is 0 Å². The molecule has 1 N–H and O–H groups in total. The number of hydrogen-bond acceptors (Lipinski definition) is 5. The molecule has 5 heteroatoms. The van der Waals surface area contributed by atoms with Crippen molar-refractivity contribution in [1.29, 1.82) is 0 Å². The first-order valence-corrected chi connectivity index (χ1v) is 6.50. The minimum atomic E-state index is 0.0386. The quantitative estimate of drug-likeness (QED) is 0.700. The third-order valence-corrected chi connectivity index (χ3v) is 2.90. The van der Waals surface area contributed by atoms with Gasteiger partial charge in [-0.05, 0) is 32.2 Å². The molecule has 0 radical (unpaired) electrons. The van der Waals surface area contributed by atoms with E-state index in [9.17, 15) is 0 Å². The first-order valence-electron chi connectivity index (χ1n) is 6.50. The van der Waals surface area contributed by atoms with Crippen LogP contribution in [0, 0.1) is 5.92 Å². The lowest BCUT2D eigenvalue weighted by molar-refractivity contribution is 0.0384. The first kappa shape index (κ1) is 12.5. The molecule has 1 heterocycles. The van der Waals surface area contributed by atoms with Gasteiger partial charge in [-0.2, -0.15) is 4.98 Å². The van der Waals surface area contributed by atoms with Crippen LogP contribution in [0.1, 0.15) is 44.5 Å². The number of hydrogen-bond donors (Lipinski definition) is 1. The van der Waals surface area contributed by atoms with Crippen molar-refractivity contribution >= 4 is 0 Å². The summed E-state index contributed by atoms with van der Waals surface area (Å²) in [4.78, 5) is 4.42. The first-order chi connectivity index (χ1) is 8.35. The van der Waals surface area contributed by atoms with Gasteiger partial charge in [-0.25, -0.2) is 0 Å². The summed E-state index contributed by atoms with van der Waals surface area (Å²) in [7, 11) is 0. The molecule has 1 aliphatic rings. The van der Waals surface area contributed by atoms with Crippen molar-refractivity contribution in [2.24, 2.45) is 5.92 Å². The Morgan fingerprint density at radius 3 is 2.94 bits per heavy atom. The van der Waals surface area contributed by atoms with E-state index in [2.05, 4.69) is 22.4 Å². The molecule has 1 aromatic heterocycles. The summed E-state index contributed by atoms with van der Waals surface area (Å²) < 4.78 is 10.9. The SMILES string of the molecule is CCNCCc1nc(C(OCC)C2CC2)no1. The fourth-order valence-electron chi connectivity index (χ4n) is 1.86. The van der Waals surface area contributed by atoms with E-state index >= 15 is 0 Å². The fraction of sp³-hybridized carbons (Fsp3) is 0.833. The summed E-state index contributed by atoms with van der Waals surface area (Å²) >= 11 is 0. The van der Waals surface area contributed by atoms with Gasteiger partial charge in [-0.15, -0.1) is 0 Å². The standard InChI is InChI=1S/C12H21N3O2/c1-3-13-8-7-10-14-12(15-17-10)11(16-4-2)9-5-6-9/h9,11,13H,3-8H2,1-2H3. The molecule has 0 spiro atoms. The average molecular weight is 239 g/mol. The molecule has 1 fully saturated rings. The Hall–Kier alpha value is -0.940. The van der Waals surface area contributed by atoms with Crippen molar-refractivity contribution in [1.82, 2.24) is 15.5 Å². The molecule has 1 aromatic rings. The van der Waals surface area contributed by atoms with E-state index in [4.69, 9.17) is 9.26 Å². The van der Waals surface area contributed by atoms with Crippen molar-refractivity contribution < 1.29 is 9.26 Å². The van der Waals surface area contributed by atoms with Crippen LogP contribution in [0.25, 0.3) is 0 Å². The van der Waals surface area contributed by atoms with Gasteiger partial charge in [0, 0.05) is 19.6 Å². The van der Waals surface area contributed by atoms with Crippen LogP contribution in [-0.2, 0) is 11.2 Å². The molecule has 1 atom stereocenters. The number of nitrogens with one attached hydrogen (secondary N) is 1. The minimum Gasteiger partial charge on any atom is -0.370 e.